The van der Waals surface area contributed by atoms with Gasteiger partial charge in [-0.2, -0.15) is 0 Å². The maximum absolute atomic E-state index is 13.7. The number of nitrogens with zero attached hydrogens (tertiary/aromatic N) is 3. The normalized spacial score (nSPS) is 10.5. The molecule has 1 amide bonds. The summed E-state index contributed by atoms with van der Waals surface area (Å²) in [5, 5.41) is 10.0. The van der Waals surface area contributed by atoms with Crippen molar-refractivity contribution in [2.75, 3.05) is 16.8 Å². The quantitative estimate of drug-likeness (QED) is 0.679. The Balaban J connectivity index is 1.79. The van der Waals surface area contributed by atoms with Gasteiger partial charge < -0.3 is 10.2 Å². The molecule has 1 aromatic heterocycles. The van der Waals surface area contributed by atoms with Gasteiger partial charge in [0, 0.05) is 12.2 Å². The Morgan fingerprint density at radius 2 is 1.70 bits per heavy atom. The summed E-state index contributed by atoms with van der Waals surface area (Å²) in [6, 6.07) is 14.2. The Morgan fingerprint density at radius 1 is 0.963 bits per heavy atom. The summed E-state index contributed by atoms with van der Waals surface area (Å²) in [6.07, 6.45) is 0. The highest BCUT2D eigenvalue weighted by Crippen LogP contribution is 2.23. The molecule has 0 fully saturated rings. The molecule has 1 N–H and O–H groups in total. The van der Waals surface area contributed by atoms with E-state index in [2.05, 4.69) is 15.5 Å². The Labute approximate surface area is 153 Å². The van der Waals surface area contributed by atoms with Gasteiger partial charge in [-0.15, -0.1) is 10.2 Å². The third-order valence-corrected chi connectivity index (χ3v) is 3.83. The molecule has 0 aliphatic carbocycles. The summed E-state index contributed by atoms with van der Waals surface area (Å²) in [5.41, 5.74) is 0.339. The van der Waals surface area contributed by atoms with Crippen molar-refractivity contribution in [1.29, 1.82) is 0 Å². The molecular weight excluding hydrogens is 357 g/mol. The highest BCUT2D eigenvalue weighted by atomic mass is 19.2. The molecule has 0 spiro atoms. The molecule has 138 valence electrons. The molecule has 0 radical (unpaired) electrons. The monoisotopic (exact) mass is 372 g/mol. The molecule has 8 heteroatoms. The first kappa shape index (κ1) is 18.4. The summed E-state index contributed by atoms with van der Waals surface area (Å²) in [6.45, 7) is 2.57. The van der Waals surface area contributed by atoms with Crippen LogP contribution in [0.5, 0.6) is 0 Å². The smallest absolute Gasteiger partial charge is 0.276 e. The van der Waals surface area contributed by atoms with Crippen LogP contribution in [0.3, 0.4) is 0 Å². The number of carbonyl (C=O) groups excluding carboxylic acids is 1. The van der Waals surface area contributed by atoms with E-state index in [-0.39, 0.29) is 5.69 Å². The SMILES string of the molecule is CCN(c1ccccc1)c1ccc(C(=O)Nc2ccc(F)c(F)c2F)nn1. The van der Waals surface area contributed by atoms with Crippen LogP contribution in [0.4, 0.5) is 30.4 Å². The van der Waals surface area contributed by atoms with Gasteiger partial charge in [-0.25, -0.2) is 13.2 Å². The van der Waals surface area contributed by atoms with Gasteiger partial charge >= 0.3 is 0 Å². The fourth-order valence-electron chi connectivity index (χ4n) is 2.48. The van der Waals surface area contributed by atoms with E-state index in [0.717, 1.165) is 17.8 Å². The van der Waals surface area contributed by atoms with Crippen molar-refractivity contribution < 1.29 is 18.0 Å². The second kappa shape index (κ2) is 7.86. The summed E-state index contributed by atoms with van der Waals surface area (Å²) in [4.78, 5) is 14.1. The topological polar surface area (TPSA) is 58.1 Å². The number of anilines is 3. The molecule has 0 atom stereocenters. The van der Waals surface area contributed by atoms with Crippen LogP contribution in [0.1, 0.15) is 17.4 Å². The van der Waals surface area contributed by atoms with E-state index in [4.69, 9.17) is 0 Å². The van der Waals surface area contributed by atoms with Gasteiger partial charge in [0.1, 0.15) is 0 Å². The Kier molecular flexibility index (Phi) is 5.35. The second-order valence-corrected chi connectivity index (χ2v) is 5.53. The van der Waals surface area contributed by atoms with Crippen molar-refractivity contribution in [1.82, 2.24) is 10.2 Å². The van der Waals surface area contributed by atoms with E-state index < -0.39 is 29.0 Å². The van der Waals surface area contributed by atoms with Crippen molar-refractivity contribution in [2.45, 2.75) is 6.92 Å². The molecule has 2 aromatic carbocycles. The van der Waals surface area contributed by atoms with Crippen molar-refractivity contribution >= 4 is 23.1 Å². The fraction of sp³-hybridized carbons (Fsp3) is 0.105. The van der Waals surface area contributed by atoms with E-state index >= 15 is 0 Å². The van der Waals surface area contributed by atoms with Crippen LogP contribution in [-0.2, 0) is 0 Å². The van der Waals surface area contributed by atoms with Crippen LogP contribution in [0.2, 0.25) is 0 Å². The molecule has 3 aromatic rings. The number of benzene rings is 2. The largest absolute Gasteiger partial charge is 0.325 e. The lowest BCUT2D eigenvalue weighted by Crippen LogP contribution is -2.20. The predicted octanol–water partition coefficient (Wildman–Crippen LogP) is 4.30. The van der Waals surface area contributed by atoms with E-state index in [9.17, 15) is 18.0 Å². The molecule has 0 bridgehead atoms. The Hall–Kier alpha value is -3.42. The van der Waals surface area contributed by atoms with Gasteiger partial charge in [-0.1, -0.05) is 18.2 Å². The lowest BCUT2D eigenvalue weighted by molar-refractivity contribution is 0.102. The number of halogens is 3. The number of rotatable bonds is 5. The van der Waals surface area contributed by atoms with Crippen LogP contribution < -0.4 is 10.2 Å². The zero-order chi connectivity index (χ0) is 19.4. The van der Waals surface area contributed by atoms with Gasteiger partial charge in [-0.3, -0.25) is 4.79 Å². The number of hydrogen-bond donors (Lipinski definition) is 1. The average molecular weight is 372 g/mol. The molecule has 0 aliphatic heterocycles. The zero-order valence-corrected chi connectivity index (χ0v) is 14.3. The fourth-order valence-corrected chi connectivity index (χ4v) is 2.48. The minimum atomic E-state index is -1.66. The highest BCUT2D eigenvalue weighted by Gasteiger charge is 2.17. The second-order valence-electron chi connectivity index (χ2n) is 5.53. The molecule has 0 unspecified atom stereocenters. The lowest BCUT2D eigenvalue weighted by Gasteiger charge is -2.21. The third kappa shape index (κ3) is 3.89. The number of amides is 1. The first-order chi connectivity index (χ1) is 13.0. The van der Waals surface area contributed by atoms with Crippen LogP contribution in [0, 0.1) is 17.5 Å². The third-order valence-electron chi connectivity index (χ3n) is 3.83. The average Bonchev–Trinajstić information content (AvgIpc) is 2.70. The minimum Gasteiger partial charge on any atom is -0.325 e. The van der Waals surface area contributed by atoms with Gasteiger partial charge in [0.15, 0.2) is 29.0 Å². The van der Waals surface area contributed by atoms with Crippen LogP contribution in [0.15, 0.2) is 54.6 Å². The maximum Gasteiger partial charge on any atom is 0.276 e. The van der Waals surface area contributed by atoms with Crippen LogP contribution in [-0.4, -0.2) is 22.6 Å². The zero-order valence-electron chi connectivity index (χ0n) is 14.3. The van der Waals surface area contributed by atoms with Gasteiger partial charge in [-0.05, 0) is 43.3 Å². The number of carbonyl (C=O) groups is 1. The van der Waals surface area contributed by atoms with E-state index in [0.29, 0.717) is 12.4 Å². The standard InChI is InChI=1S/C19H15F3N4O/c1-2-26(12-6-4-3-5-7-12)16-11-10-15(24-25-16)19(27)23-14-9-8-13(20)17(21)18(14)22/h3-11H,2H2,1H3,(H,23,27). The van der Waals surface area contributed by atoms with Crippen molar-refractivity contribution in [3.8, 4) is 0 Å². The van der Waals surface area contributed by atoms with Gasteiger partial charge in [0.05, 0.1) is 5.69 Å². The van der Waals surface area contributed by atoms with Crippen LogP contribution >= 0.6 is 0 Å². The number of nitrogens with one attached hydrogen (secondary N) is 1. The summed E-state index contributed by atoms with van der Waals surface area (Å²) in [5.74, 6) is -4.74. The maximum atomic E-state index is 13.7. The van der Waals surface area contributed by atoms with Crippen LogP contribution in [0.25, 0.3) is 0 Å². The molecular formula is C19H15F3N4O. The van der Waals surface area contributed by atoms with E-state index in [1.807, 2.05) is 42.2 Å². The Bertz CT molecular complexity index is 949. The Morgan fingerprint density at radius 3 is 2.33 bits per heavy atom. The number of para-hydroxylation sites is 1. The molecule has 27 heavy (non-hydrogen) atoms. The first-order valence-corrected chi connectivity index (χ1v) is 8.12. The summed E-state index contributed by atoms with van der Waals surface area (Å²) >= 11 is 0. The van der Waals surface area contributed by atoms with Crippen molar-refractivity contribution in [3.05, 3.63) is 77.7 Å². The van der Waals surface area contributed by atoms with Gasteiger partial charge in [0.25, 0.3) is 5.91 Å². The molecule has 1 heterocycles. The van der Waals surface area contributed by atoms with E-state index in [1.165, 1.54) is 6.07 Å². The first-order valence-electron chi connectivity index (χ1n) is 8.12. The summed E-state index contributed by atoms with van der Waals surface area (Å²) < 4.78 is 39.9. The molecule has 3 rings (SSSR count). The lowest BCUT2D eigenvalue weighted by atomic mass is 10.2. The molecule has 0 saturated heterocycles. The predicted molar refractivity (Wildman–Crippen MR) is 95.4 cm³/mol. The number of hydrogen-bond acceptors (Lipinski definition) is 4. The minimum absolute atomic E-state index is 0.0907. The molecule has 5 nitrogen and oxygen atoms in total. The van der Waals surface area contributed by atoms with Crippen molar-refractivity contribution in [3.63, 3.8) is 0 Å². The molecule has 0 saturated carbocycles. The van der Waals surface area contributed by atoms with Crippen molar-refractivity contribution in [2.24, 2.45) is 0 Å². The summed E-state index contributed by atoms with van der Waals surface area (Å²) in [7, 11) is 0. The van der Waals surface area contributed by atoms with E-state index in [1.54, 1.807) is 6.07 Å². The molecule has 0 aliphatic rings. The highest BCUT2D eigenvalue weighted by molar-refractivity contribution is 6.02. The number of aromatic nitrogens is 2. The van der Waals surface area contributed by atoms with Gasteiger partial charge in [0.2, 0.25) is 0 Å².